The molecule has 1 aliphatic heterocycles. The summed E-state index contributed by atoms with van der Waals surface area (Å²) in [5.74, 6) is 0.415. The molecule has 1 amide bonds. The van der Waals surface area contributed by atoms with Crippen molar-refractivity contribution in [3.05, 3.63) is 82.9 Å². The number of fused-ring (bicyclic) bond motifs is 3. The Morgan fingerprint density at radius 2 is 1.89 bits per heavy atom. The molecule has 0 atom stereocenters. The Kier molecular flexibility index (Phi) is 3.05. The van der Waals surface area contributed by atoms with Gasteiger partial charge in [-0.25, -0.2) is 4.98 Å². The van der Waals surface area contributed by atoms with Gasteiger partial charge in [-0.05, 0) is 48.3 Å². The number of rotatable bonds is 3. The third-order valence-electron chi connectivity index (χ3n) is 6.70. The third kappa shape index (κ3) is 2.04. The predicted octanol–water partition coefficient (Wildman–Crippen LogP) is 3.37. The van der Waals surface area contributed by atoms with Gasteiger partial charge in [-0.15, -0.1) is 0 Å². The van der Waals surface area contributed by atoms with E-state index in [2.05, 4.69) is 35.3 Å². The van der Waals surface area contributed by atoms with Gasteiger partial charge in [0.05, 0.1) is 23.6 Å². The minimum atomic E-state index is -0.515. The van der Waals surface area contributed by atoms with E-state index in [0.29, 0.717) is 17.7 Å². The summed E-state index contributed by atoms with van der Waals surface area (Å²) in [5.41, 5.74) is 12.5. The molecule has 3 saturated carbocycles. The first-order chi connectivity index (χ1) is 13.6. The smallest absolute Gasteiger partial charge is 0.269 e. The van der Waals surface area contributed by atoms with Crippen LogP contribution in [0.1, 0.15) is 52.1 Å². The molecule has 0 unspecified atom stereocenters. The normalized spacial score (nSPS) is 24.1. The monoisotopic (exact) mass is 368 g/mol. The molecule has 3 aliphatic carbocycles. The van der Waals surface area contributed by atoms with Crippen LogP contribution in [0.25, 0.3) is 5.69 Å². The molecule has 0 spiro atoms. The Hall–Kier alpha value is -3.21. The van der Waals surface area contributed by atoms with Gasteiger partial charge in [-0.3, -0.25) is 14.4 Å². The third-order valence-corrected chi connectivity index (χ3v) is 6.70. The Balaban J connectivity index is 1.58. The largest absolute Gasteiger partial charge is 0.364 e. The molecule has 7 rings (SSSR count). The molecular weight excluding hydrogens is 348 g/mol. The highest BCUT2D eigenvalue weighted by molar-refractivity contribution is 6.15. The number of hydrogen-bond donors (Lipinski definition) is 1. The summed E-state index contributed by atoms with van der Waals surface area (Å²) in [6.07, 6.45) is 5.63. The van der Waals surface area contributed by atoms with E-state index in [4.69, 9.17) is 10.7 Å². The number of carbonyl (C=O) groups is 1. The topological polar surface area (TPSA) is 73.3 Å². The van der Waals surface area contributed by atoms with Crippen LogP contribution in [0.2, 0.25) is 0 Å². The number of amides is 1. The summed E-state index contributed by atoms with van der Waals surface area (Å²) in [5, 5.41) is 0. The van der Waals surface area contributed by atoms with Crippen molar-refractivity contribution in [3.8, 4) is 5.69 Å². The van der Waals surface area contributed by atoms with Gasteiger partial charge < -0.3 is 5.73 Å². The van der Waals surface area contributed by atoms with Crippen LogP contribution in [0.3, 0.4) is 0 Å². The first-order valence-corrected chi connectivity index (χ1v) is 9.76. The van der Waals surface area contributed by atoms with E-state index in [9.17, 15) is 4.79 Å². The van der Waals surface area contributed by atoms with E-state index in [1.807, 2.05) is 22.8 Å². The summed E-state index contributed by atoms with van der Waals surface area (Å²) in [7, 11) is 0. The number of nitrogens with zero attached hydrogens (tertiary/aromatic N) is 3. The van der Waals surface area contributed by atoms with E-state index >= 15 is 0 Å². The number of benzene rings is 2. The maximum atomic E-state index is 11.8. The van der Waals surface area contributed by atoms with Crippen LogP contribution in [0, 0.1) is 5.92 Å². The fourth-order valence-corrected chi connectivity index (χ4v) is 5.12. The molecule has 138 valence electrons. The second kappa shape index (κ2) is 5.41. The molecule has 3 aromatic rings. The molecule has 5 heteroatoms. The van der Waals surface area contributed by atoms with Crippen LogP contribution in [0.15, 0.2) is 59.9 Å². The molecule has 2 N–H and O–H groups in total. The van der Waals surface area contributed by atoms with Gasteiger partial charge >= 0.3 is 0 Å². The van der Waals surface area contributed by atoms with Crippen LogP contribution >= 0.6 is 0 Å². The van der Waals surface area contributed by atoms with E-state index in [1.54, 1.807) is 6.33 Å². The highest BCUT2D eigenvalue weighted by Gasteiger charge is 2.57. The molecule has 5 nitrogen and oxygen atoms in total. The lowest BCUT2D eigenvalue weighted by Gasteiger charge is -2.62. The van der Waals surface area contributed by atoms with Gasteiger partial charge in [0.25, 0.3) is 5.91 Å². The number of aliphatic imine (C=N–C) groups is 1. The Bertz CT molecular complexity index is 1140. The maximum Gasteiger partial charge on any atom is 0.269 e. The number of carbonyl (C=O) groups excluding carboxylic acids is 1. The van der Waals surface area contributed by atoms with Gasteiger partial charge in [0.2, 0.25) is 0 Å². The maximum absolute atomic E-state index is 11.8. The average molecular weight is 368 g/mol. The van der Waals surface area contributed by atoms with Crippen molar-refractivity contribution in [2.75, 3.05) is 0 Å². The molecule has 2 heterocycles. The second-order valence-electron chi connectivity index (χ2n) is 8.30. The van der Waals surface area contributed by atoms with Crippen molar-refractivity contribution < 1.29 is 4.79 Å². The van der Waals surface area contributed by atoms with Gasteiger partial charge in [-0.1, -0.05) is 36.4 Å². The SMILES string of the molecule is NC(=O)c1ncn2c1CN=C(c1ccccc1)c1cc(C34CC(C3)C4)ccc1-2. The van der Waals surface area contributed by atoms with Crippen molar-refractivity contribution in [2.24, 2.45) is 16.6 Å². The molecule has 4 aliphatic rings. The lowest BCUT2D eigenvalue weighted by molar-refractivity contribution is -0.0274. The van der Waals surface area contributed by atoms with E-state index in [1.165, 1.54) is 24.8 Å². The zero-order valence-electron chi connectivity index (χ0n) is 15.4. The van der Waals surface area contributed by atoms with Crippen molar-refractivity contribution in [1.82, 2.24) is 9.55 Å². The first kappa shape index (κ1) is 15.8. The minimum absolute atomic E-state index is 0.299. The molecular formula is C23H20N4O. The standard InChI is InChI=1S/C23H20N4O/c24-22(28)21-19-12-25-20(15-4-2-1-3-5-15)17-8-16(23-9-14(10-23)11-23)6-7-18(17)27(19)13-26-21/h1-8,13-14H,9-12H2,(H2,24,28). The Labute approximate surface area is 162 Å². The van der Waals surface area contributed by atoms with Crippen molar-refractivity contribution in [2.45, 2.75) is 31.2 Å². The predicted molar refractivity (Wildman–Crippen MR) is 107 cm³/mol. The zero-order valence-corrected chi connectivity index (χ0v) is 15.4. The first-order valence-electron chi connectivity index (χ1n) is 9.76. The van der Waals surface area contributed by atoms with E-state index in [0.717, 1.165) is 34.1 Å². The van der Waals surface area contributed by atoms with Crippen LogP contribution in [-0.2, 0) is 12.0 Å². The van der Waals surface area contributed by atoms with Gasteiger partial charge in [-0.2, -0.15) is 0 Å². The van der Waals surface area contributed by atoms with Crippen LogP contribution < -0.4 is 5.73 Å². The average Bonchev–Trinajstić information content (AvgIpc) is 2.98. The summed E-state index contributed by atoms with van der Waals surface area (Å²) < 4.78 is 1.97. The summed E-state index contributed by atoms with van der Waals surface area (Å²) in [6, 6.07) is 17.0. The summed E-state index contributed by atoms with van der Waals surface area (Å²) in [6.45, 7) is 0.375. The fraction of sp³-hybridized carbons (Fsp3) is 0.261. The van der Waals surface area contributed by atoms with E-state index < -0.39 is 5.91 Å². The molecule has 3 fully saturated rings. The molecule has 0 saturated heterocycles. The van der Waals surface area contributed by atoms with Crippen molar-refractivity contribution >= 4 is 11.6 Å². The van der Waals surface area contributed by atoms with Crippen molar-refractivity contribution in [3.63, 3.8) is 0 Å². The number of imidazole rings is 1. The lowest BCUT2D eigenvalue weighted by Crippen LogP contribution is -2.55. The number of aromatic nitrogens is 2. The molecule has 1 aromatic heterocycles. The summed E-state index contributed by atoms with van der Waals surface area (Å²) >= 11 is 0. The number of nitrogens with two attached hydrogens (primary N) is 1. The second-order valence-corrected chi connectivity index (χ2v) is 8.30. The van der Waals surface area contributed by atoms with Crippen LogP contribution in [0.5, 0.6) is 0 Å². The molecule has 28 heavy (non-hydrogen) atoms. The molecule has 2 aromatic carbocycles. The Morgan fingerprint density at radius 1 is 1.11 bits per heavy atom. The van der Waals surface area contributed by atoms with Crippen LogP contribution in [0.4, 0.5) is 0 Å². The highest BCUT2D eigenvalue weighted by atomic mass is 16.1. The minimum Gasteiger partial charge on any atom is -0.364 e. The van der Waals surface area contributed by atoms with Crippen LogP contribution in [-0.4, -0.2) is 21.2 Å². The fourth-order valence-electron chi connectivity index (χ4n) is 5.12. The summed E-state index contributed by atoms with van der Waals surface area (Å²) in [4.78, 5) is 21.0. The zero-order chi connectivity index (χ0) is 18.9. The van der Waals surface area contributed by atoms with Gasteiger partial charge in [0.15, 0.2) is 5.69 Å². The van der Waals surface area contributed by atoms with Crippen molar-refractivity contribution in [1.29, 1.82) is 0 Å². The van der Waals surface area contributed by atoms with E-state index in [-0.39, 0.29) is 0 Å². The lowest BCUT2D eigenvalue weighted by atomic mass is 9.42. The molecule has 0 radical (unpaired) electrons. The molecule has 2 bridgehead atoms. The number of hydrogen-bond acceptors (Lipinski definition) is 3. The highest BCUT2D eigenvalue weighted by Crippen LogP contribution is 2.65. The Morgan fingerprint density at radius 3 is 2.57 bits per heavy atom. The van der Waals surface area contributed by atoms with Gasteiger partial charge in [0.1, 0.15) is 6.33 Å². The quantitative estimate of drug-likeness (QED) is 0.770. The van der Waals surface area contributed by atoms with Gasteiger partial charge in [0, 0.05) is 11.1 Å². The number of primary amides is 1.